The van der Waals surface area contributed by atoms with Crippen LogP contribution in [0.5, 0.6) is 0 Å². The molecule has 0 amide bonds. The molecule has 7 rings (SSSR count). The summed E-state index contributed by atoms with van der Waals surface area (Å²) in [5.41, 5.74) is -3.76. The Morgan fingerprint density at radius 1 is 0.400 bits per heavy atom. The Morgan fingerprint density at radius 3 is 1.00 bits per heavy atom. The van der Waals surface area contributed by atoms with Gasteiger partial charge in [-0.05, 0) is 60.7 Å². The van der Waals surface area contributed by atoms with Gasteiger partial charge in [0.05, 0.1) is 27.1 Å². The second kappa shape index (κ2) is 11.4. The van der Waals surface area contributed by atoms with Gasteiger partial charge < -0.3 is 0 Å². The van der Waals surface area contributed by atoms with E-state index >= 15 is 26.3 Å². The molecule has 16 heteroatoms. The molecule has 1 aliphatic rings. The van der Waals surface area contributed by atoms with E-state index in [2.05, 4.69) is 0 Å². The second-order valence-corrected chi connectivity index (χ2v) is 18.6. The van der Waals surface area contributed by atoms with Gasteiger partial charge in [-0.3, -0.25) is 0 Å². The predicted octanol–water partition coefficient (Wildman–Crippen LogP) is 15.2. The van der Waals surface area contributed by atoms with Crippen LogP contribution in [0.2, 0.25) is 17.3 Å². The van der Waals surface area contributed by atoms with Crippen LogP contribution in [-0.4, -0.2) is 17.8 Å². The first-order chi connectivity index (χ1) is 21.2. The van der Waals surface area contributed by atoms with Gasteiger partial charge >= 0.3 is 17.8 Å². The number of hydrogen-bond donors (Lipinski definition) is 0. The summed E-state index contributed by atoms with van der Waals surface area (Å²) < 4.78 is 97.0. The highest BCUT2D eigenvalue weighted by molar-refractivity contribution is 7.29. The normalized spacial score (nSPS) is 17.1. The highest BCUT2D eigenvalue weighted by Crippen LogP contribution is 2.67. The van der Waals surface area contributed by atoms with Gasteiger partial charge in [0.25, 0.3) is 0 Å². The topological polar surface area (TPSA) is 0 Å². The summed E-state index contributed by atoms with van der Waals surface area (Å²) in [6.45, 7) is 0. The maximum absolute atomic E-state index is 16.1. The van der Waals surface area contributed by atoms with E-state index in [1.54, 1.807) is 36.4 Å². The van der Waals surface area contributed by atoms with Gasteiger partial charge in [-0.15, -0.1) is 68.0 Å². The number of rotatable bonds is 6. The van der Waals surface area contributed by atoms with E-state index in [4.69, 9.17) is 46.4 Å². The molecule has 0 spiro atoms. The van der Waals surface area contributed by atoms with E-state index in [0.29, 0.717) is 46.6 Å². The SMILES string of the molecule is FC1(F)C(c2cc(-c3ccc(Cl)s3)sc2-c2ccc(Cl)s2)=C(c2cc(-c3ccc(Cl)s3)sc2-c2ccc(Cl)s2)C(F)(F)C1(F)F. The third kappa shape index (κ3) is 5.19. The minimum absolute atomic E-state index is 0.105. The van der Waals surface area contributed by atoms with Crippen LogP contribution in [0.1, 0.15) is 11.1 Å². The van der Waals surface area contributed by atoms with E-state index in [9.17, 15) is 0 Å². The Bertz CT molecular complexity index is 1980. The van der Waals surface area contributed by atoms with Crippen molar-refractivity contribution in [2.24, 2.45) is 0 Å². The molecule has 0 N–H and O–H groups in total. The quantitative estimate of drug-likeness (QED) is 0.147. The fourth-order valence-corrected chi connectivity index (χ4v) is 11.9. The maximum Gasteiger partial charge on any atom is 0.380 e. The molecule has 232 valence electrons. The monoisotopic (exact) mass is 804 g/mol. The van der Waals surface area contributed by atoms with Crippen LogP contribution in [-0.2, 0) is 0 Å². The van der Waals surface area contributed by atoms with Crippen molar-refractivity contribution in [1.82, 2.24) is 0 Å². The third-order valence-corrected chi connectivity index (χ3v) is 14.8. The molecule has 0 fully saturated rings. The molecule has 0 atom stereocenters. The Kier molecular flexibility index (Phi) is 8.16. The van der Waals surface area contributed by atoms with E-state index in [1.807, 2.05) is 0 Å². The zero-order valence-corrected chi connectivity index (χ0v) is 29.4. The molecule has 0 nitrogen and oxygen atoms in total. The summed E-state index contributed by atoms with van der Waals surface area (Å²) in [5.74, 6) is -16.3. The molecular formula is C29H10Cl4F6S6. The number of alkyl halides is 6. The molecule has 6 aromatic rings. The molecule has 0 bridgehead atoms. The van der Waals surface area contributed by atoms with Crippen molar-refractivity contribution in [3.05, 3.63) is 89.1 Å². The molecule has 45 heavy (non-hydrogen) atoms. The van der Waals surface area contributed by atoms with E-state index in [1.165, 1.54) is 24.3 Å². The Labute approximate surface area is 295 Å². The van der Waals surface area contributed by atoms with Crippen molar-refractivity contribution in [2.45, 2.75) is 17.8 Å². The van der Waals surface area contributed by atoms with Crippen molar-refractivity contribution >= 4 is 126 Å². The zero-order valence-electron chi connectivity index (χ0n) is 21.5. The summed E-state index contributed by atoms with van der Waals surface area (Å²) in [4.78, 5) is 2.84. The number of allylic oxidation sites excluding steroid dienone is 2. The van der Waals surface area contributed by atoms with Crippen LogP contribution < -0.4 is 0 Å². The standard InChI is InChI=1S/C29H10Cl4F6S6/c30-19-5-1-13(40-19)17-9-11(25(44-17)15-3-7-21(32)42-15)23-24(28(36,37)29(38,39)27(23,34)35)12-10-18(14-2-6-20(31)41-14)45-26(12)16-4-8-22(33)43-16/h1-10H. The van der Waals surface area contributed by atoms with E-state index in [-0.39, 0.29) is 9.75 Å². The molecule has 6 aromatic heterocycles. The minimum atomic E-state index is -5.75. The first kappa shape index (κ1) is 32.2. The van der Waals surface area contributed by atoms with Crippen LogP contribution in [0, 0.1) is 0 Å². The zero-order chi connectivity index (χ0) is 32.1. The Balaban J connectivity index is 1.58. The van der Waals surface area contributed by atoms with Crippen LogP contribution in [0.25, 0.3) is 50.2 Å². The van der Waals surface area contributed by atoms with Crippen LogP contribution >= 0.6 is 114 Å². The summed E-state index contributed by atoms with van der Waals surface area (Å²) in [6, 6.07) is 15.1. The van der Waals surface area contributed by atoms with Crippen molar-refractivity contribution in [3.8, 4) is 39.0 Å². The van der Waals surface area contributed by atoms with Gasteiger partial charge in [0.15, 0.2) is 0 Å². The molecule has 0 unspecified atom stereocenters. The summed E-state index contributed by atoms with van der Waals surface area (Å²) in [5, 5.41) is 0. The molecule has 0 aromatic carbocycles. The van der Waals surface area contributed by atoms with Gasteiger partial charge in [-0.1, -0.05) is 46.4 Å². The summed E-state index contributed by atoms with van der Waals surface area (Å²) in [6.07, 6.45) is 0. The predicted molar refractivity (Wildman–Crippen MR) is 184 cm³/mol. The largest absolute Gasteiger partial charge is 0.380 e. The van der Waals surface area contributed by atoms with Crippen LogP contribution in [0.3, 0.4) is 0 Å². The van der Waals surface area contributed by atoms with Crippen molar-refractivity contribution < 1.29 is 26.3 Å². The highest BCUT2D eigenvalue weighted by atomic mass is 35.5. The highest BCUT2D eigenvalue weighted by Gasteiger charge is 2.80. The maximum atomic E-state index is 16.1. The van der Waals surface area contributed by atoms with Crippen molar-refractivity contribution in [3.63, 3.8) is 0 Å². The van der Waals surface area contributed by atoms with Crippen molar-refractivity contribution in [1.29, 1.82) is 0 Å². The summed E-state index contributed by atoms with van der Waals surface area (Å²) >= 11 is 30.9. The molecular weight excluding hydrogens is 797 g/mol. The smallest absolute Gasteiger partial charge is 0.194 e. The fraction of sp³-hybridized carbons (Fsp3) is 0.103. The van der Waals surface area contributed by atoms with Crippen molar-refractivity contribution in [2.75, 3.05) is 0 Å². The lowest BCUT2D eigenvalue weighted by Crippen LogP contribution is -2.48. The Morgan fingerprint density at radius 2 is 0.711 bits per heavy atom. The molecule has 0 saturated heterocycles. The van der Waals surface area contributed by atoms with Crippen LogP contribution in [0.15, 0.2) is 60.7 Å². The molecule has 0 saturated carbocycles. The lowest BCUT2D eigenvalue weighted by atomic mass is 9.94. The molecule has 0 radical (unpaired) electrons. The first-order valence-corrected chi connectivity index (χ1v) is 18.8. The Hall–Kier alpha value is -1.32. The lowest BCUT2D eigenvalue weighted by molar-refractivity contribution is -0.254. The van der Waals surface area contributed by atoms with Gasteiger partial charge in [0, 0.05) is 51.5 Å². The van der Waals surface area contributed by atoms with Gasteiger partial charge in [0.2, 0.25) is 0 Å². The van der Waals surface area contributed by atoms with E-state index < -0.39 is 40.0 Å². The average Bonchev–Trinajstić information content (AvgIpc) is 3.79. The lowest BCUT2D eigenvalue weighted by Gasteiger charge is -2.25. The molecule has 0 aliphatic heterocycles. The van der Waals surface area contributed by atoms with Gasteiger partial charge in [0.1, 0.15) is 0 Å². The fourth-order valence-electron chi connectivity index (χ4n) is 4.96. The summed E-state index contributed by atoms with van der Waals surface area (Å²) in [7, 11) is 0. The second-order valence-electron chi connectivity index (χ2n) is 9.60. The molecule has 1 aliphatic carbocycles. The van der Waals surface area contributed by atoms with Gasteiger partial charge in [-0.2, -0.15) is 26.3 Å². The molecule has 6 heterocycles. The van der Waals surface area contributed by atoms with Gasteiger partial charge in [-0.25, -0.2) is 0 Å². The average molecular weight is 807 g/mol. The number of thiophene rings is 6. The third-order valence-electron chi connectivity index (χ3n) is 6.90. The number of hydrogen-bond acceptors (Lipinski definition) is 6. The first-order valence-electron chi connectivity index (χ1n) is 12.4. The minimum Gasteiger partial charge on any atom is -0.194 e. The van der Waals surface area contributed by atoms with E-state index in [0.717, 1.165) is 68.0 Å². The van der Waals surface area contributed by atoms with Crippen LogP contribution in [0.4, 0.5) is 26.3 Å². The number of halogens is 10.